The molecule has 0 aliphatic carbocycles. The van der Waals surface area contributed by atoms with Gasteiger partial charge in [0.15, 0.2) is 0 Å². The van der Waals surface area contributed by atoms with E-state index in [1.165, 1.54) is 0 Å². The lowest BCUT2D eigenvalue weighted by Gasteiger charge is -2.37. The van der Waals surface area contributed by atoms with Crippen LogP contribution in [0.15, 0.2) is 30.3 Å². The van der Waals surface area contributed by atoms with Crippen molar-refractivity contribution in [2.75, 3.05) is 32.7 Å². The summed E-state index contributed by atoms with van der Waals surface area (Å²) < 4.78 is 5.31. The highest BCUT2D eigenvalue weighted by molar-refractivity contribution is 5.86. The van der Waals surface area contributed by atoms with Gasteiger partial charge >= 0.3 is 6.09 Å². The van der Waals surface area contributed by atoms with Crippen LogP contribution in [0.5, 0.6) is 0 Å². The smallest absolute Gasteiger partial charge is 0.408 e. The minimum atomic E-state index is -0.635. The molecule has 2 atom stereocenters. The highest BCUT2D eigenvalue weighted by Crippen LogP contribution is 2.14. The Bertz CT molecular complexity index is 718. The zero-order valence-corrected chi connectivity index (χ0v) is 19.1. The minimum Gasteiger partial charge on any atom is -0.445 e. The number of carbonyl (C=O) groups is 3. The molecule has 3 amide bonds. The molecule has 1 aromatic carbocycles. The average molecular weight is 433 g/mol. The summed E-state index contributed by atoms with van der Waals surface area (Å²) in [6, 6.07) is 8.90. The molecule has 0 saturated carbocycles. The molecule has 1 aliphatic heterocycles. The fourth-order valence-electron chi connectivity index (χ4n) is 3.47. The van der Waals surface area contributed by atoms with Crippen LogP contribution in [0.1, 0.15) is 39.7 Å². The van der Waals surface area contributed by atoms with Gasteiger partial charge < -0.3 is 20.3 Å². The van der Waals surface area contributed by atoms with Gasteiger partial charge in [-0.2, -0.15) is 0 Å². The van der Waals surface area contributed by atoms with Gasteiger partial charge in [0.2, 0.25) is 11.8 Å². The van der Waals surface area contributed by atoms with Crippen molar-refractivity contribution in [2.45, 2.75) is 52.8 Å². The summed E-state index contributed by atoms with van der Waals surface area (Å²) in [4.78, 5) is 41.3. The quantitative estimate of drug-likeness (QED) is 0.623. The van der Waals surface area contributed by atoms with E-state index in [-0.39, 0.29) is 30.4 Å². The van der Waals surface area contributed by atoms with Gasteiger partial charge in [-0.3, -0.25) is 14.5 Å². The topological polar surface area (TPSA) is 91.0 Å². The molecule has 172 valence electrons. The number of piperazine rings is 1. The number of carbonyl (C=O) groups excluding carboxylic acids is 3. The summed E-state index contributed by atoms with van der Waals surface area (Å²) in [6.45, 7) is 10.6. The van der Waals surface area contributed by atoms with Gasteiger partial charge in [0, 0.05) is 32.2 Å². The van der Waals surface area contributed by atoms with Crippen LogP contribution in [-0.4, -0.2) is 72.5 Å². The molecule has 2 unspecified atom stereocenters. The predicted molar refractivity (Wildman–Crippen MR) is 119 cm³/mol. The third-order valence-electron chi connectivity index (χ3n) is 5.47. The van der Waals surface area contributed by atoms with Crippen molar-refractivity contribution in [1.82, 2.24) is 20.4 Å². The van der Waals surface area contributed by atoms with Crippen molar-refractivity contribution in [3.8, 4) is 0 Å². The minimum absolute atomic E-state index is 0.00455. The summed E-state index contributed by atoms with van der Waals surface area (Å²) >= 11 is 0. The first-order chi connectivity index (χ1) is 14.8. The van der Waals surface area contributed by atoms with Crippen LogP contribution in [0.2, 0.25) is 0 Å². The van der Waals surface area contributed by atoms with Gasteiger partial charge in [0.05, 0.1) is 6.54 Å². The Hall–Kier alpha value is -2.61. The molecule has 1 fully saturated rings. The van der Waals surface area contributed by atoms with Crippen LogP contribution in [-0.2, 0) is 20.9 Å². The number of benzene rings is 1. The molecule has 1 heterocycles. The Morgan fingerprint density at radius 1 is 1.00 bits per heavy atom. The van der Waals surface area contributed by atoms with Crippen molar-refractivity contribution < 1.29 is 19.1 Å². The Morgan fingerprint density at radius 2 is 1.65 bits per heavy atom. The number of hydrogen-bond acceptors (Lipinski definition) is 5. The van der Waals surface area contributed by atoms with Gasteiger partial charge in [0.1, 0.15) is 12.6 Å². The fraction of sp³-hybridized carbons (Fsp3) is 0.609. The van der Waals surface area contributed by atoms with Crippen LogP contribution in [0.25, 0.3) is 0 Å². The molecule has 1 aliphatic rings. The molecule has 0 bridgehead atoms. The first-order valence-electron chi connectivity index (χ1n) is 11.1. The molecule has 8 heteroatoms. The largest absolute Gasteiger partial charge is 0.445 e. The Labute approximate surface area is 185 Å². The summed E-state index contributed by atoms with van der Waals surface area (Å²) in [5, 5.41) is 5.66. The van der Waals surface area contributed by atoms with Crippen molar-refractivity contribution >= 4 is 17.9 Å². The van der Waals surface area contributed by atoms with Gasteiger partial charge in [-0.15, -0.1) is 0 Å². The first kappa shape index (κ1) is 24.7. The van der Waals surface area contributed by atoms with Gasteiger partial charge in [-0.25, -0.2) is 4.79 Å². The third-order valence-corrected chi connectivity index (χ3v) is 5.47. The maximum absolute atomic E-state index is 13.1. The van der Waals surface area contributed by atoms with E-state index in [1.54, 1.807) is 4.90 Å². The van der Waals surface area contributed by atoms with Gasteiger partial charge in [-0.05, 0) is 25.3 Å². The first-order valence-corrected chi connectivity index (χ1v) is 11.1. The zero-order valence-electron chi connectivity index (χ0n) is 19.1. The predicted octanol–water partition coefficient (Wildman–Crippen LogP) is 2.00. The second kappa shape index (κ2) is 12.3. The second-order valence-corrected chi connectivity index (χ2v) is 8.39. The van der Waals surface area contributed by atoms with Crippen LogP contribution in [0, 0.1) is 5.92 Å². The number of nitrogens with zero attached hydrogens (tertiary/aromatic N) is 2. The van der Waals surface area contributed by atoms with E-state index in [1.807, 2.05) is 62.9 Å². The molecule has 0 spiro atoms. The van der Waals surface area contributed by atoms with Crippen LogP contribution in [0.3, 0.4) is 0 Å². The van der Waals surface area contributed by atoms with Crippen LogP contribution < -0.4 is 10.6 Å². The molecule has 31 heavy (non-hydrogen) atoms. The summed E-state index contributed by atoms with van der Waals surface area (Å²) in [5.41, 5.74) is 0.890. The molecule has 1 aromatic rings. The molecule has 1 saturated heterocycles. The Kier molecular flexibility index (Phi) is 9.78. The number of amides is 3. The molecular weight excluding hydrogens is 396 g/mol. The normalized spacial score (nSPS) is 16.5. The number of hydrogen-bond donors (Lipinski definition) is 2. The highest BCUT2D eigenvalue weighted by atomic mass is 16.5. The zero-order chi connectivity index (χ0) is 22.8. The van der Waals surface area contributed by atoms with E-state index in [0.29, 0.717) is 32.7 Å². The average Bonchev–Trinajstić information content (AvgIpc) is 2.75. The van der Waals surface area contributed by atoms with Crippen LogP contribution >= 0.6 is 0 Å². The monoisotopic (exact) mass is 432 g/mol. The molecule has 2 N–H and O–H groups in total. The molecule has 0 aromatic heterocycles. The van der Waals surface area contributed by atoms with E-state index >= 15 is 0 Å². The maximum Gasteiger partial charge on any atom is 0.408 e. The lowest BCUT2D eigenvalue weighted by Crippen LogP contribution is -2.57. The molecule has 8 nitrogen and oxygen atoms in total. The third kappa shape index (κ3) is 8.20. The Morgan fingerprint density at radius 3 is 2.23 bits per heavy atom. The lowest BCUT2D eigenvalue weighted by molar-refractivity contribution is -0.136. The van der Waals surface area contributed by atoms with Gasteiger partial charge in [-0.1, -0.05) is 50.6 Å². The van der Waals surface area contributed by atoms with Crippen molar-refractivity contribution in [2.24, 2.45) is 5.92 Å². The number of nitrogens with one attached hydrogen (secondary N) is 2. The van der Waals surface area contributed by atoms with Crippen molar-refractivity contribution in [1.29, 1.82) is 0 Å². The standard InChI is InChI=1S/C23H36N4O4/c1-5-18(4)21(25-23(30)31-16-19-9-7-6-8-10-19)22(29)27-13-11-26(12-14-27)15-20(28)24-17(2)3/h6-10,17-18,21H,5,11-16H2,1-4H3,(H,24,28)(H,25,30). The van der Waals surface area contributed by atoms with E-state index in [0.717, 1.165) is 12.0 Å². The highest BCUT2D eigenvalue weighted by Gasteiger charge is 2.32. The summed E-state index contributed by atoms with van der Waals surface area (Å²) in [5.74, 6) is -0.126. The van der Waals surface area contributed by atoms with Crippen molar-refractivity contribution in [3.05, 3.63) is 35.9 Å². The van der Waals surface area contributed by atoms with E-state index in [4.69, 9.17) is 4.74 Å². The molecular formula is C23H36N4O4. The summed E-state index contributed by atoms with van der Waals surface area (Å²) in [6.07, 6.45) is 0.163. The maximum atomic E-state index is 13.1. The van der Waals surface area contributed by atoms with E-state index < -0.39 is 12.1 Å². The van der Waals surface area contributed by atoms with Gasteiger partial charge in [0.25, 0.3) is 0 Å². The molecule has 0 radical (unpaired) electrons. The number of alkyl carbamates (subject to hydrolysis) is 1. The SMILES string of the molecule is CCC(C)C(NC(=O)OCc1ccccc1)C(=O)N1CCN(CC(=O)NC(C)C)CC1. The molecule has 2 rings (SSSR count). The second-order valence-electron chi connectivity index (χ2n) is 8.39. The Balaban J connectivity index is 1.87. The number of rotatable bonds is 9. The summed E-state index contributed by atoms with van der Waals surface area (Å²) in [7, 11) is 0. The lowest BCUT2D eigenvalue weighted by atomic mass is 9.97. The number of ether oxygens (including phenoxy) is 1. The van der Waals surface area contributed by atoms with E-state index in [9.17, 15) is 14.4 Å². The fourth-order valence-corrected chi connectivity index (χ4v) is 3.47. The van der Waals surface area contributed by atoms with Crippen LogP contribution in [0.4, 0.5) is 4.79 Å². The van der Waals surface area contributed by atoms with E-state index in [2.05, 4.69) is 10.6 Å². The van der Waals surface area contributed by atoms with Crippen molar-refractivity contribution in [3.63, 3.8) is 0 Å².